The zero-order valence-corrected chi connectivity index (χ0v) is 19.6. The maximum atomic E-state index is 13.8. The first kappa shape index (κ1) is 22.8. The number of ketones is 1. The number of aryl methyl sites for hydroxylation is 1. The minimum absolute atomic E-state index is 0.0745. The van der Waals surface area contributed by atoms with E-state index in [0.717, 1.165) is 48.4 Å². The van der Waals surface area contributed by atoms with Crippen LogP contribution in [0.4, 0.5) is 0 Å². The van der Waals surface area contributed by atoms with Crippen LogP contribution in [0.2, 0.25) is 0 Å². The van der Waals surface area contributed by atoms with E-state index in [2.05, 4.69) is 35.2 Å². The molecule has 33 heavy (non-hydrogen) atoms. The SMILES string of the molecule is COc1ccc(CC2=C(C(=O)c3ccc(OCCN(C)C)cc3)c3ccccc3CC2)cc1. The van der Waals surface area contributed by atoms with Crippen molar-refractivity contribution in [3.05, 3.63) is 101 Å². The van der Waals surface area contributed by atoms with Crippen LogP contribution in [0.1, 0.15) is 33.5 Å². The van der Waals surface area contributed by atoms with Crippen molar-refractivity contribution < 1.29 is 14.3 Å². The summed E-state index contributed by atoms with van der Waals surface area (Å²) in [6.07, 6.45) is 2.60. The van der Waals surface area contributed by atoms with Crippen molar-refractivity contribution in [2.75, 3.05) is 34.4 Å². The van der Waals surface area contributed by atoms with Crippen molar-refractivity contribution in [1.82, 2.24) is 4.90 Å². The molecule has 0 unspecified atom stereocenters. The lowest BCUT2D eigenvalue weighted by Gasteiger charge is -2.23. The van der Waals surface area contributed by atoms with Gasteiger partial charge in [-0.2, -0.15) is 0 Å². The Kier molecular flexibility index (Phi) is 7.26. The van der Waals surface area contributed by atoms with Gasteiger partial charge in [0, 0.05) is 17.7 Å². The molecule has 0 spiro atoms. The van der Waals surface area contributed by atoms with Crippen LogP contribution >= 0.6 is 0 Å². The molecular weight excluding hydrogens is 410 g/mol. The summed E-state index contributed by atoms with van der Waals surface area (Å²) in [5.74, 6) is 1.70. The van der Waals surface area contributed by atoms with Crippen LogP contribution in [0.3, 0.4) is 0 Å². The molecule has 170 valence electrons. The average Bonchev–Trinajstić information content (AvgIpc) is 2.84. The van der Waals surface area contributed by atoms with Gasteiger partial charge in [0.15, 0.2) is 5.78 Å². The van der Waals surface area contributed by atoms with E-state index in [-0.39, 0.29) is 5.78 Å². The van der Waals surface area contributed by atoms with E-state index in [1.54, 1.807) is 7.11 Å². The van der Waals surface area contributed by atoms with E-state index in [1.165, 1.54) is 16.7 Å². The summed E-state index contributed by atoms with van der Waals surface area (Å²) < 4.78 is 11.1. The second-order valence-electron chi connectivity index (χ2n) is 8.67. The molecule has 4 nitrogen and oxygen atoms in total. The van der Waals surface area contributed by atoms with Gasteiger partial charge >= 0.3 is 0 Å². The van der Waals surface area contributed by atoms with Crippen LogP contribution in [-0.4, -0.2) is 45.0 Å². The maximum absolute atomic E-state index is 13.8. The van der Waals surface area contributed by atoms with Gasteiger partial charge in [0.1, 0.15) is 18.1 Å². The van der Waals surface area contributed by atoms with E-state index in [1.807, 2.05) is 56.6 Å². The number of hydrogen-bond donors (Lipinski definition) is 0. The standard InChI is InChI=1S/C29H31NO3/c1-30(2)18-19-33-26-16-12-23(13-17-26)29(31)28-24(11-10-22-6-4-5-7-27(22)28)20-21-8-14-25(32-3)15-9-21/h4-9,12-17H,10-11,18-20H2,1-3H3. The number of ether oxygens (including phenoxy) is 2. The van der Waals surface area contributed by atoms with Crippen molar-refractivity contribution in [3.63, 3.8) is 0 Å². The summed E-state index contributed by atoms with van der Waals surface area (Å²) in [5, 5.41) is 0. The minimum Gasteiger partial charge on any atom is -0.497 e. The Morgan fingerprint density at radius 1 is 0.879 bits per heavy atom. The molecule has 0 N–H and O–H groups in total. The van der Waals surface area contributed by atoms with Crippen LogP contribution in [0, 0.1) is 0 Å². The Morgan fingerprint density at radius 3 is 2.27 bits per heavy atom. The first-order chi connectivity index (χ1) is 16.0. The number of likely N-dealkylation sites (N-methyl/N-ethyl adjacent to an activating group) is 1. The first-order valence-corrected chi connectivity index (χ1v) is 11.4. The second-order valence-corrected chi connectivity index (χ2v) is 8.67. The number of methoxy groups -OCH3 is 1. The number of carbonyl (C=O) groups is 1. The smallest absolute Gasteiger partial charge is 0.193 e. The monoisotopic (exact) mass is 441 g/mol. The molecular formula is C29H31NO3. The Hall–Kier alpha value is -3.37. The summed E-state index contributed by atoms with van der Waals surface area (Å²) in [5.41, 5.74) is 6.20. The highest BCUT2D eigenvalue weighted by molar-refractivity contribution is 6.30. The highest BCUT2D eigenvalue weighted by atomic mass is 16.5. The summed E-state index contributed by atoms with van der Waals surface area (Å²) >= 11 is 0. The van der Waals surface area contributed by atoms with Crippen LogP contribution < -0.4 is 9.47 Å². The molecule has 0 amide bonds. The van der Waals surface area contributed by atoms with Crippen LogP contribution in [0.25, 0.3) is 5.57 Å². The van der Waals surface area contributed by atoms with Gasteiger partial charge in [-0.05, 0) is 86.4 Å². The van der Waals surface area contributed by atoms with Crippen LogP contribution in [-0.2, 0) is 12.8 Å². The van der Waals surface area contributed by atoms with Crippen molar-refractivity contribution in [1.29, 1.82) is 0 Å². The summed E-state index contributed by atoms with van der Waals surface area (Å²) in [4.78, 5) is 15.8. The van der Waals surface area contributed by atoms with Crippen LogP contribution in [0.5, 0.6) is 11.5 Å². The molecule has 3 aromatic rings. The number of rotatable bonds is 9. The van der Waals surface area contributed by atoms with E-state index >= 15 is 0 Å². The number of hydrogen-bond acceptors (Lipinski definition) is 4. The van der Waals surface area contributed by atoms with E-state index < -0.39 is 0 Å². The molecule has 0 atom stereocenters. The van der Waals surface area contributed by atoms with Gasteiger partial charge in [0.05, 0.1) is 7.11 Å². The third-order valence-electron chi connectivity index (χ3n) is 6.06. The summed E-state index contributed by atoms with van der Waals surface area (Å²) in [6, 6.07) is 23.9. The van der Waals surface area contributed by atoms with E-state index in [9.17, 15) is 4.79 Å². The van der Waals surface area contributed by atoms with Gasteiger partial charge in [-0.3, -0.25) is 4.79 Å². The molecule has 0 fully saturated rings. The fourth-order valence-electron chi connectivity index (χ4n) is 4.23. The Bertz CT molecular complexity index is 1130. The Balaban J connectivity index is 1.63. The lowest BCUT2D eigenvalue weighted by Crippen LogP contribution is -2.19. The Morgan fingerprint density at radius 2 is 1.58 bits per heavy atom. The average molecular weight is 442 g/mol. The highest BCUT2D eigenvalue weighted by Crippen LogP contribution is 2.35. The van der Waals surface area contributed by atoms with Crippen molar-refractivity contribution >= 4 is 11.4 Å². The molecule has 0 bridgehead atoms. The van der Waals surface area contributed by atoms with Gasteiger partial charge in [-0.15, -0.1) is 0 Å². The van der Waals surface area contributed by atoms with Crippen molar-refractivity contribution in [2.24, 2.45) is 0 Å². The van der Waals surface area contributed by atoms with Gasteiger partial charge in [0.25, 0.3) is 0 Å². The lowest BCUT2D eigenvalue weighted by atomic mass is 9.80. The fourth-order valence-corrected chi connectivity index (χ4v) is 4.23. The third-order valence-corrected chi connectivity index (χ3v) is 6.06. The number of benzene rings is 3. The predicted octanol–water partition coefficient (Wildman–Crippen LogP) is 5.46. The zero-order valence-electron chi connectivity index (χ0n) is 19.6. The Labute approximate surface area is 196 Å². The first-order valence-electron chi connectivity index (χ1n) is 11.4. The predicted molar refractivity (Wildman–Crippen MR) is 133 cm³/mol. The zero-order chi connectivity index (χ0) is 23.2. The molecule has 4 rings (SSSR count). The van der Waals surface area contributed by atoms with E-state index in [4.69, 9.17) is 9.47 Å². The molecule has 1 aliphatic rings. The van der Waals surface area contributed by atoms with Gasteiger partial charge in [0.2, 0.25) is 0 Å². The number of Topliss-reactive ketones (excluding diaryl/α,β-unsaturated/α-hetero) is 1. The van der Waals surface area contributed by atoms with Crippen LogP contribution in [0.15, 0.2) is 78.4 Å². The lowest BCUT2D eigenvalue weighted by molar-refractivity contribution is 0.105. The van der Waals surface area contributed by atoms with Crippen molar-refractivity contribution in [3.8, 4) is 11.5 Å². The molecule has 3 aromatic carbocycles. The molecule has 0 saturated heterocycles. The van der Waals surface area contributed by atoms with E-state index in [0.29, 0.717) is 12.2 Å². The highest BCUT2D eigenvalue weighted by Gasteiger charge is 2.25. The van der Waals surface area contributed by atoms with Gasteiger partial charge < -0.3 is 14.4 Å². The largest absolute Gasteiger partial charge is 0.497 e. The molecule has 0 heterocycles. The number of fused-ring (bicyclic) bond motifs is 1. The molecule has 0 saturated carbocycles. The molecule has 1 aliphatic carbocycles. The molecule has 0 radical (unpaired) electrons. The second kappa shape index (κ2) is 10.5. The number of nitrogens with zero attached hydrogens (tertiary/aromatic N) is 1. The fraction of sp³-hybridized carbons (Fsp3) is 0.276. The maximum Gasteiger partial charge on any atom is 0.193 e. The summed E-state index contributed by atoms with van der Waals surface area (Å²) in [7, 11) is 5.71. The normalized spacial score (nSPS) is 13.1. The molecule has 0 aromatic heterocycles. The number of carbonyl (C=O) groups excluding carboxylic acids is 1. The third kappa shape index (κ3) is 5.52. The number of allylic oxidation sites excluding steroid dienone is 2. The topological polar surface area (TPSA) is 38.8 Å². The van der Waals surface area contributed by atoms with Crippen molar-refractivity contribution in [2.45, 2.75) is 19.3 Å². The quantitative estimate of drug-likeness (QED) is 0.413. The van der Waals surface area contributed by atoms with Gasteiger partial charge in [-0.1, -0.05) is 42.0 Å². The minimum atomic E-state index is 0.0745. The molecule has 4 heteroatoms. The summed E-state index contributed by atoms with van der Waals surface area (Å²) in [6.45, 7) is 1.46. The molecule has 0 aliphatic heterocycles. The van der Waals surface area contributed by atoms with Gasteiger partial charge in [-0.25, -0.2) is 0 Å².